The van der Waals surface area contributed by atoms with Crippen LogP contribution in [0.1, 0.15) is 17.0 Å². The number of benzene rings is 1. The van der Waals surface area contributed by atoms with Crippen LogP contribution >= 0.6 is 0 Å². The quantitative estimate of drug-likeness (QED) is 0.726. The van der Waals surface area contributed by atoms with E-state index in [1.54, 1.807) is 13.0 Å². The zero-order valence-electron chi connectivity index (χ0n) is 16.0. The predicted octanol–water partition coefficient (Wildman–Crippen LogP) is 2.46. The number of nitrogens with zero attached hydrogens (tertiary/aromatic N) is 4. The highest BCUT2D eigenvalue weighted by Crippen LogP contribution is 2.29. The molecule has 0 spiro atoms. The van der Waals surface area contributed by atoms with Gasteiger partial charge in [0.25, 0.3) is 0 Å². The maximum absolute atomic E-state index is 12.7. The molecule has 0 atom stereocenters. The monoisotopic (exact) mass is 430 g/mol. The fraction of sp³-hybridized carbons (Fsp3) is 0.444. The van der Waals surface area contributed by atoms with Crippen LogP contribution in [0.15, 0.2) is 30.3 Å². The lowest BCUT2D eigenvalue weighted by molar-refractivity contribution is -0.137. The number of hydrogen-bond acceptors (Lipinski definition) is 6. The molecule has 1 fully saturated rings. The third-order valence-electron chi connectivity index (χ3n) is 4.60. The van der Waals surface area contributed by atoms with Gasteiger partial charge in [-0.25, -0.2) is 13.4 Å². The molecule has 2 heterocycles. The molecular weight excluding hydrogens is 409 g/mol. The van der Waals surface area contributed by atoms with E-state index in [9.17, 15) is 21.6 Å². The van der Waals surface area contributed by atoms with Gasteiger partial charge in [0, 0.05) is 32.2 Å². The van der Waals surface area contributed by atoms with E-state index < -0.39 is 21.8 Å². The molecule has 0 amide bonds. The van der Waals surface area contributed by atoms with Gasteiger partial charge in [-0.2, -0.15) is 22.5 Å². The molecule has 158 valence electrons. The fourth-order valence-electron chi connectivity index (χ4n) is 3.08. The van der Waals surface area contributed by atoms with Gasteiger partial charge in [0.15, 0.2) is 0 Å². The van der Waals surface area contributed by atoms with Gasteiger partial charge in [0.05, 0.1) is 18.4 Å². The van der Waals surface area contributed by atoms with Gasteiger partial charge in [0.2, 0.25) is 15.9 Å². The average Bonchev–Trinajstić information content (AvgIpc) is 2.67. The number of methoxy groups -OCH3 is 1. The Labute approximate surface area is 167 Å². The van der Waals surface area contributed by atoms with E-state index in [0.717, 1.165) is 12.1 Å². The lowest BCUT2D eigenvalue weighted by Gasteiger charge is -2.34. The minimum Gasteiger partial charge on any atom is -0.481 e. The second-order valence-electron chi connectivity index (χ2n) is 6.65. The van der Waals surface area contributed by atoms with Crippen molar-refractivity contribution in [1.82, 2.24) is 14.3 Å². The summed E-state index contributed by atoms with van der Waals surface area (Å²) in [6.45, 7) is 3.14. The molecule has 0 bridgehead atoms. The highest BCUT2D eigenvalue weighted by Gasteiger charge is 2.31. The molecule has 0 unspecified atom stereocenters. The molecule has 2 aromatic rings. The average molecular weight is 430 g/mol. The molecule has 3 rings (SSSR count). The van der Waals surface area contributed by atoms with Crippen molar-refractivity contribution in [3.8, 4) is 5.88 Å². The van der Waals surface area contributed by atoms with E-state index in [1.807, 2.05) is 4.90 Å². The summed E-state index contributed by atoms with van der Waals surface area (Å²) in [6, 6.07) is 5.89. The Bertz CT molecular complexity index is 957. The number of rotatable bonds is 5. The highest BCUT2D eigenvalue weighted by atomic mass is 32.2. The number of ether oxygens (including phenoxy) is 1. The van der Waals surface area contributed by atoms with Crippen LogP contribution in [0.3, 0.4) is 0 Å². The van der Waals surface area contributed by atoms with Gasteiger partial charge in [-0.15, -0.1) is 0 Å². The molecule has 7 nitrogen and oxygen atoms in total. The predicted molar refractivity (Wildman–Crippen MR) is 101 cm³/mol. The van der Waals surface area contributed by atoms with Crippen molar-refractivity contribution < 1.29 is 26.3 Å². The SMILES string of the molecule is COc1cc(N2CCN(S(=O)(=O)Cc3ccc(C(F)(F)F)cc3)CC2)nc(C)n1. The van der Waals surface area contributed by atoms with Crippen LogP contribution in [-0.4, -0.2) is 56.0 Å². The summed E-state index contributed by atoms with van der Waals surface area (Å²) in [6.07, 6.45) is -4.45. The topological polar surface area (TPSA) is 75.6 Å². The standard InChI is InChI=1S/C18H21F3N4O3S/c1-13-22-16(11-17(23-13)28-2)24-7-9-25(10-8-24)29(26,27)12-14-3-5-15(6-4-14)18(19,20)21/h3-6,11H,7-10,12H2,1-2H3. The summed E-state index contributed by atoms with van der Waals surface area (Å²) >= 11 is 0. The Balaban J connectivity index is 1.64. The zero-order chi connectivity index (χ0) is 21.2. The largest absolute Gasteiger partial charge is 0.481 e. The summed E-state index contributed by atoms with van der Waals surface area (Å²) in [5.41, 5.74) is -0.487. The molecule has 1 aromatic heterocycles. The minimum absolute atomic E-state index is 0.258. The lowest BCUT2D eigenvalue weighted by atomic mass is 10.1. The van der Waals surface area contributed by atoms with Crippen molar-refractivity contribution in [2.75, 3.05) is 38.2 Å². The molecule has 0 N–H and O–H groups in total. The number of sulfonamides is 1. The van der Waals surface area contributed by atoms with E-state index in [4.69, 9.17) is 4.74 Å². The maximum atomic E-state index is 12.7. The summed E-state index contributed by atoms with van der Waals surface area (Å²) in [5.74, 6) is 1.31. The molecule has 1 aliphatic rings. The van der Waals surface area contributed by atoms with Crippen LogP contribution in [0, 0.1) is 6.92 Å². The number of hydrogen-bond donors (Lipinski definition) is 0. The summed E-state index contributed by atoms with van der Waals surface area (Å²) in [5, 5.41) is 0. The van der Waals surface area contributed by atoms with Crippen molar-refractivity contribution >= 4 is 15.8 Å². The summed E-state index contributed by atoms with van der Waals surface area (Å²) in [7, 11) is -2.13. The molecule has 1 aromatic carbocycles. The number of anilines is 1. The summed E-state index contributed by atoms with van der Waals surface area (Å²) < 4.78 is 69.8. The first-order chi connectivity index (χ1) is 13.6. The van der Waals surface area contributed by atoms with Gasteiger partial charge >= 0.3 is 6.18 Å². The third-order valence-corrected chi connectivity index (χ3v) is 6.45. The van der Waals surface area contributed by atoms with Gasteiger partial charge in [-0.1, -0.05) is 12.1 Å². The lowest BCUT2D eigenvalue weighted by Crippen LogP contribution is -2.49. The number of aryl methyl sites for hydroxylation is 1. The van der Waals surface area contributed by atoms with Crippen LogP contribution in [-0.2, 0) is 22.0 Å². The first-order valence-electron chi connectivity index (χ1n) is 8.87. The van der Waals surface area contributed by atoms with E-state index >= 15 is 0 Å². The number of piperazine rings is 1. The van der Waals surface area contributed by atoms with Gasteiger partial charge in [-0.05, 0) is 24.6 Å². The van der Waals surface area contributed by atoms with Gasteiger partial charge in [0.1, 0.15) is 11.6 Å². The van der Waals surface area contributed by atoms with Crippen molar-refractivity contribution in [2.24, 2.45) is 0 Å². The van der Waals surface area contributed by atoms with Crippen molar-refractivity contribution in [1.29, 1.82) is 0 Å². The third kappa shape index (κ3) is 5.15. The van der Waals surface area contributed by atoms with E-state index in [0.29, 0.717) is 36.2 Å². The Hall–Kier alpha value is -2.40. The van der Waals surface area contributed by atoms with Crippen molar-refractivity contribution in [3.05, 3.63) is 47.3 Å². The second-order valence-corrected chi connectivity index (χ2v) is 8.62. The van der Waals surface area contributed by atoms with E-state index in [2.05, 4.69) is 9.97 Å². The van der Waals surface area contributed by atoms with E-state index in [1.165, 1.54) is 23.5 Å². The minimum atomic E-state index is -4.45. The molecule has 1 saturated heterocycles. The first-order valence-corrected chi connectivity index (χ1v) is 10.5. The van der Waals surface area contributed by atoms with Gasteiger partial charge < -0.3 is 9.64 Å². The molecule has 0 aliphatic carbocycles. The molecular formula is C18H21F3N4O3S. The number of alkyl halides is 3. The second kappa shape index (κ2) is 8.15. The Morgan fingerprint density at radius 2 is 1.69 bits per heavy atom. The Morgan fingerprint density at radius 3 is 2.24 bits per heavy atom. The fourth-order valence-corrected chi connectivity index (χ4v) is 4.59. The van der Waals surface area contributed by atoms with Crippen LogP contribution in [0.25, 0.3) is 0 Å². The summed E-state index contributed by atoms with van der Waals surface area (Å²) in [4.78, 5) is 10.4. The normalized spacial score (nSPS) is 16.1. The molecule has 11 heteroatoms. The molecule has 1 aliphatic heterocycles. The zero-order valence-corrected chi connectivity index (χ0v) is 16.8. The molecule has 29 heavy (non-hydrogen) atoms. The Morgan fingerprint density at radius 1 is 1.07 bits per heavy atom. The first kappa shape index (κ1) is 21.3. The number of halogens is 3. The highest BCUT2D eigenvalue weighted by molar-refractivity contribution is 7.88. The van der Waals surface area contributed by atoms with Crippen molar-refractivity contribution in [3.63, 3.8) is 0 Å². The Kier molecular flexibility index (Phi) is 5.99. The van der Waals surface area contributed by atoms with Crippen LogP contribution in [0.4, 0.5) is 19.0 Å². The van der Waals surface area contributed by atoms with Crippen LogP contribution < -0.4 is 9.64 Å². The molecule has 0 radical (unpaired) electrons. The van der Waals surface area contributed by atoms with Crippen LogP contribution in [0.2, 0.25) is 0 Å². The number of aromatic nitrogens is 2. The molecule has 0 saturated carbocycles. The maximum Gasteiger partial charge on any atom is 0.416 e. The van der Waals surface area contributed by atoms with E-state index in [-0.39, 0.29) is 18.8 Å². The van der Waals surface area contributed by atoms with Crippen LogP contribution in [0.5, 0.6) is 5.88 Å². The van der Waals surface area contributed by atoms with Gasteiger partial charge in [-0.3, -0.25) is 0 Å². The smallest absolute Gasteiger partial charge is 0.416 e. The van der Waals surface area contributed by atoms with Crippen molar-refractivity contribution in [2.45, 2.75) is 18.9 Å².